The first-order chi connectivity index (χ1) is 6.50. The molecule has 1 rings (SSSR count). The van der Waals surface area contributed by atoms with E-state index in [-0.39, 0.29) is 11.7 Å². The number of nitrogens with one attached hydrogen (secondary N) is 1. The normalized spacial score (nSPS) is 14.9. The minimum atomic E-state index is -0.627. The lowest BCUT2D eigenvalue weighted by Crippen LogP contribution is -2.28. The Hall–Kier alpha value is -1.16. The highest BCUT2D eigenvalue weighted by Crippen LogP contribution is 2.16. The molecule has 0 aliphatic rings. The van der Waals surface area contributed by atoms with Crippen LogP contribution in [0.15, 0.2) is 18.2 Å². The third-order valence-electron chi connectivity index (χ3n) is 2.04. The molecule has 0 amide bonds. The topological polar surface area (TPSA) is 32.3 Å². The minimum absolute atomic E-state index is 0.0680. The predicted octanol–water partition coefficient (Wildman–Crippen LogP) is 2.15. The smallest absolute Gasteiger partial charge is 0.146 e. The average molecular weight is 201 g/mol. The molecule has 0 fully saturated rings. The summed E-state index contributed by atoms with van der Waals surface area (Å²) in [5.41, 5.74) is 0.0680. The molecule has 0 aliphatic heterocycles. The zero-order chi connectivity index (χ0) is 10.7. The van der Waals surface area contributed by atoms with Crippen LogP contribution in [0.3, 0.4) is 0 Å². The van der Waals surface area contributed by atoms with Crippen molar-refractivity contribution in [3.05, 3.63) is 29.8 Å². The Bertz CT molecular complexity index is 315. The molecule has 1 aromatic rings. The number of anilines is 1. The molecular weight excluding hydrogens is 188 g/mol. The molecule has 0 saturated heterocycles. The highest BCUT2D eigenvalue weighted by atomic mass is 19.1. The van der Waals surface area contributed by atoms with Gasteiger partial charge in [-0.15, -0.1) is 0 Å². The van der Waals surface area contributed by atoms with E-state index < -0.39 is 17.7 Å². The van der Waals surface area contributed by atoms with E-state index in [1.807, 2.05) is 0 Å². The average Bonchev–Trinajstić information content (AvgIpc) is 2.11. The zero-order valence-corrected chi connectivity index (χ0v) is 8.09. The van der Waals surface area contributed by atoms with Gasteiger partial charge in [-0.3, -0.25) is 0 Å². The van der Waals surface area contributed by atoms with E-state index >= 15 is 0 Å². The van der Waals surface area contributed by atoms with Crippen molar-refractivity contribution >= 4 is 5.69 Å². The monoisotopic (exact) mass is 201 g/mol. The lowest BCUT2D eigenvalue weighted by Gasteiger charge is -2.18. The Morgan fingerprint density at radius 1 is 1.29 bits per heavy atom. The zero-order valence-electron chi connectivity index (χ0n) is 8.09. The molecule has 14 heavy (non-hydrogen) atoms. The maximum Gasteiger partial charge on any atom is 0.146 e. The van der Waals surface area contributed by atoms with Crippen molar-refractivity contribution in [1.82, 2.24) is 0 Å². The second-order valence-electron chi connectivity index (χ2n) is 3.30. The van der Waals surface area contributed by atoms with E-state index in [0.717, 1.165) is 18.2 Å². The largest absolute Gasteiger partial charge is 0.391 e. The highest BCUT2D eigenvalue weighted by molar-refractivity contribution is 5.45. The van der Waals surface area contributed by atoms with Gasteiger partial charge in [0.15, 0.2) is 0 Å². The second kappa shape index (κ2) is 4.37. The van der Waals surface area contributed by atoms with Gasteiger partial charge in [0.2, 0.25) is 0 Å². The molecule has 0 radical (unpaired) electrons. The number of aliphatic hydroxyl groups is 1. The lowest BCUT2D eigenvalue weighted by molar-refractivity contribution is 0.177. The van der Waals surface area contributed by atoms with Gasteiger partial charge < -0.3 is 10.4 Å². The molecular formula is C10H13F2NO. The first kappa shape index (κ1) is 10.9. The van der Waals surface area contributed by atoms with Gasteiger partial charge in [-0.1, -0.05) is 0 Å². The Morgan fingerprint density at radius 3 is 2.50 bits per heavy atom. The molecule has 0 aromatic heterocycles. The van der Waals surface area contributed by atoms with Crippen LogP contribution in [-0.4, -0.2) is 17.3 Å². The van der Waals surface area contributed by atoms with Crippen LogP contribution in [0.2, 0.25) is 0 Å². The van der Waals surface area contributed by atoms with Crippen molar-refractivity contribution in [2.75, 3.05) is 5.32 Å². The molecule has 0 heterocycles. The van der Waals surface area contributed by atoms with Gasteiger partial charge in [0.25, 0.3) is 0 Å². The maximum atomic E-state index is 13.1. The van der Waals surface area contributed by atoms with Gasteiger partial charge in [-0.2, -0.15) is 0 Å². The maximum absolute atomic E-state index is 13.1. The van der Waals surface area contributed by atoms with Crippen LogP contribution >= 0.6 is 0 Å². The summed E-state index contributed by atoms with van der Waals surface area (Å²) >= 11 is 0. The van der Waals surface area contributed by atoms with Crippen molar-refractivity contribution in [3.63, 3.8) is 0 Å². The molecule has 0 spiro atoms. The fraction of sp³-hybridized carbons (Fsp3) is 0.400. The van der Waals surface area contributed by atoms with Gasteiger partial charge in [-0.25, -0.2) is 8.78 Å². The second-order valence-corrected chi connectivity index (χ2v) is 3.30. The fourth-order valence-corrected chi connectivity index (χ4v) is 0.974. The van der Waals surface area contributed by atoms with E-state index in [1.165, 1.54) is 0 Å². The minimum Gasteiger partial charge on any atom is -0.391 e. The Balaban J connectivity index is 2.80. The summed E-state index contributed by atoms with van der Waals surface area (Å²) in [6.45, 7) is 3.27. The number of hydrogen-bond donors (Lipinski definition) is 2. The van der Waals surface area contributed by atoms with E-state index in [1.54, 1.807) is 13.8 Å². The summed E-state index contributed by atoms with van der Waals surface area (Å²) in [6, 6.07) is 2.83. The summed E-state index contributed by atoms with van der Waals surface area (Å²) in [5, 5.41) is 11.8. The summed E-state index contributed by atoms with van der Waals surface area (Å²) in [5.74, 6) is -1.04. The number of aliphatic hydroxyl groups excluding tert-OH is 1. The number of benzene rings is 1. The van der Waals surface area contributed by atoms with Gasteiger partial charge in [-0.05, 0) is 32.0 Å². The van der Waals surface area contributed by atoms with Gasteiger partial charge >= 0.3 is 0 Å². The standard InChI is InChI=1S/C10H13F2NO/c1-6(7(2)14)13-10-5-8(11)3-4-9(10)12/h3-7,13-14H,1-2H3. The number of hydrogen-bond acceptors (Lipinski definition) is 2. The number of halogens is 2. The fourth-order valence-electron chi connectivity index (χ4n) is 0.974. The van der Waals surface area contributed by atoms with Crippen LogP contribution in [-0.2, 0) is 0 Å². The Kier molecular flexibility index (Phi) is 3.41. The van der Waals surface area contributed by atoms with Crippen molar-refractivity contribution in [2.24, 2.45) is 0 Å². The van der Waals surface area contributed by atoms with E-state index in [0.29, 0.717) is 0 Å². The summed E-state index contributed by atoms with van der Waals surface area (Å²) in [4.78, 5) is 0. The van der Waals surface area contributed by atoms with Crippen LogP contribution in [0.5, 0.6) is 0 Å². The van der Waals surface area contributed by atoms with Crippen LogP contribution in [0.4, 0.5) is 14.5 Å². The molecule has 0 aliphatic carbocycles. The SMILES string of the molecule is CC(O)C(C)Nc1cc(F)ccc1F. The van der Waals surface area contributed by atoms with Gasteiger partial charge in [0.1, 0.15) is 11.6 Å². The van der Waals surface area contributed by atoms with Crippen LogP contribution in [0.25, 0.3) is 0 Å². The summed E-state index contributed by atoms with van der Waals surface area (Å²) < 4.78 is 25.8. The molecule has 0 saturated carbocycles. The van der Waals surface area contributed by atoms with Crippen molar-refractivity contribution < 1.29 is 13.9 Å². The third kappa shape index (κ3) is 2.67. The van der Waals surface area contributed by atoms with E-state index in [4.69, 9.17) is 5.11 Å². The molecule has 1 aromatic carbocycles. The Morgan fingerprint density at radius 2 is 1.93 bits per heavy atom. The Labute approximate surface area is 81.6 Å². The van der Waals surface area contributed by atoms with Crippen LogP contribution in [0, 0.1) is 11.6 Å². The molecule has 0 bridgehead atoms. The van der Waals surface area contributed by atoms with Crippen LogP contribution < -0.4 is 5.32 Å². The van der Waals surface area contributed by atoms with E-state index in [2.05, 4.69) is 5.32 Å². The molecule has 2 atom stereocenters. The molecule has 2 nitrogen and oxygen atoms in total. The molecule has 4 heteroatoms. The molecule has 2 N–H and O–H groups in total. The molecule has 78 valence electrons. The van der Waals surface area contributed by atoms with Crippen molar-refractivity contribution in [2.45, 2.75) is 26.0 Å². The van der Waals surface area contributed by atoms with Gasteiger partial charge in [0.05, 0.1) is 11.8 Å². The predicted molar refractivity (Wildman–Crippen MR) is 51.1 cm³/mol. The summed E-state index contributed by atoms with van der Waals surface area (Å²) in [6.07, 6.45) is -0.627. The number of rotatable bonds is 3. The van der Waals surface area contributed by atoms with Crippen molar-refractivity contribution in [1.29, 1.82) is 0 Å². The van der Waals surface area contributed by atoms with Gasteiger partial charge in [0, 0.05) is 6.04 Å². The first-order valence-electron chi connectivity index (χ1n) is 4.40. The first-order valence-corrected chi connectivity index (χ1v) is 4.40. The lowest BCUT2D eigenvalue weighted by atomic mass is 10.2. The van der Waals surface area contributed by atoms with Crippen molar-refractivity contribution in [3.8, 4) is 0 Å². The quantitative estimate of drug-likeness (QED) is 0.785. The van der Waals surface area contributed by atoms with Crippen LogP contribution in [0.1, 0.15) is 13.8 Å². The molecule has 2 unspecified atom stereocenters. The third-order valence-corrected chi connectivity index (χ3v) is 2.04. The highest BCUT2D eigenvalue weighted by Gasteiger charge is 2.11. The summed E-state index contributed by atoms with van der Waals surface area (Å²) in [7, 11) is 0. The van der Waals surface area contributed by atoms with E-state index in [9.17, 15) is 8.78 Å².